The molecule has 13 heteroatoms. The van der Waals surface area contributed by atoms with E-state index in [4.69, 9.17) is 0 Å². The van der Waals surface area contributed by atoms with Gasteiger partial charge in [-0.25, -0.2) is 8.42 Å². The van der Waals surface area contributed by atoms with Crippen LogP contribution in [0.3, 0.4) is 0 Å². The summed E-state index contributed by atoms with van der Waals surface area (Å²) in [6.45, 7) is 2.65. The number of H-pyrrole nitrogens is 1. The smallest absolute Gasteiger partial charge is 0.404 e. The van der Waals surface area contributed by atoms with Gasteiger partial charge in [-0.3, -0.25) is 19.4 Å². The summed E-state index contributed by atoms with van der Waals surface area (Å²) < 4.78 is 72.4. The number of hydrogen-bond acceptors (Lipinski definition) is 6. The number of aromatic amines is 1. The van der Waals surface area contributed by atoms with Crippen molar-refractivity contribution < 1.29 is 31.1 Å². The first-order chi connectivity index (χ1) is 18.6. The first-order valence-corrected chi connectivity index (χ1v) is 13.5. The Morgan fingerprint density at radius 1 is 1.03 bits per heavy atom. The molecule has 1 saturated heterocycles. The normalized spacial score (nSPS) is 14.9. The fourth-order valence-corrected chi connectivity index (χ4v) is 5.69. The van der Waals surface area contributed by atoms with Gasteiger partial charge in [-0.2, -0.15) is 0 Å². The van der Waals surface area contributed by atoms with Gasteiger partial charge in [-0.1, -0.05) is 18.2 Å². The number of benzene rings is 2. The third-order valence-electron chi connectivity index (χ3n) is 6.30. The van der Waals surface area contributed by atoms with E-state index in [1.54, 1.807) is 23.1 Å². The molecule has 5 rings (SSSR count). The van der Waals surface area contributed by atoms with Gasteiger partial charge in [0.05, 0.1) is 11.2 Å². The zero-order chi connectivity index (χ0) is 27.6. The van der Waals surface area contributed by atoms with Crippen molar-refractivity contribution in [3.8, 4) is 5.75 Å². The van der Waals surface area contributed by atoms with E-state index in [1.807, 2.05) is 18.3 Å². The van der Waals surface area contributed by atoms with Gasteiger partial charge in [0.15, 0.2) is 5.75 Å². The van der Waals surface area contributed by atoms with Crippen molar-refractivity contribution in [3.63, 3.8) is 0 Å². The van der Waals surface area contributed by atoms with Crippen molar-refractivity contribution >= 4 is 32.5 Å². The number of sulfonamides is 1. The Hall–Kier alpha value is -4.10. The summed E-state index contributed by atoms with van der Waals surface area (Å²) in [7, 11) is -4.36. The van der Waals surface area contributed by atoms with E-state index in [1.165, 1.54) is 24.4 Å². The molecule has 1 aliphatic heterocycles. The second-order valence-corrected chi connectivity index (χ2v) is 10.6. The Morgan fingerprint density at radius 3 is 2.51 bits per heavy atom. The number of halogens is 3. The maximum atomic E-state index is 13.3. The Kier molecular flexibility index (Phi) is 7.19. The van der Waals surface area contributed by atoms with Gasteiger partial charge in [-0.15, -0.1) is 13.2 Å². The number of amides is 1. The predicted molar refractivity (Wildman–Crippen MR) is 138 cm³/mol. The number of anilines is 1. The van der Waals surface area contributed by atoms with E-state index in [0.29, 0.717) is 38.1 Å². The maximum Gasteiger partial charge on any atom is 0.573 e. The first-order valence-electron chi connectivity index (χ1n) is 12.0. The van der Waals surface area contributed by atoms with Crippen molar-refractivity contribution in [1.29, 1.82) is 0 Å². The molecule has 4 aromatic rings. The molecule has 39 heavy (non-hydrogen) atoms. The molecule has 0 atom stereocenters. The highest BCUT2D eigenvalue weighted by molar-refractivity contribution is 7.93. The highest BCUT2D eigenvalue weighted by Gasteiger charge is 2.34. The number of piperazine rings is 1. The lowest BCUT2D eigenvalue weighted by molar-refractivity contribution is -0.274. The molecule has 0 spiro atoms. The second-order valence-electron chi connectivity index (χ2n) is 8.96. The molecule has 0 saturated carbocycles. The predicted octanol–water partition coefficient (Wildman–Crippen LogP) is 4.22. The van der Waals surface area contributed by atoms with Gasteiger partial charge in [0.25, 0.3) is 15.9 Å². The summed E-state index contributed by atoms with van der Waals surface area (Å²) in [5.74, 6) is -1.32. The van der Waals surface area contributed by atoms with Crippen molar-refractivity contribution in [2.75, 3.05) is 30.9 Å². The highest BCUT2D eigenvalue weighted by Crippen LogP contribution is 2.34. The second kappa shape index (κ2) is 10.6. The van der Waals surface area contributed by atoms with Crippen LogP contribution in [0.1, 0.15) is 16.1 Å². The third kappa shape index (κ3) is 6.15. The van der Waals surface area contributed by atoms with Crippen molar-refractivity contribution in [3.05, 3.63) is 84.3 Å². The fourth-order valence-electron chi connectivity index (χ4n) is 4.44. The molecule has 9 nitrogen and oxygen atoms in total. The summed E-state index contributed by atoms with van der Waals surface area (Å²) in [6.07, 6.45) is -1.87. The Morgan fingerprint density at radius 2 is 1.79 bits per heavy atom. The molecule has 0 radical (unpaired) electrons. The molecule has 2 aromatic carbocycles. The molecule has 1 fully saturated rings. The number of ether oxygens (including phenoxy) is 1. The number of pyridine rings is 1. The third-order valence-corrected chi connectivity index (χ3v) is 7.70. The molecular formula is C26H24F3N5O4S. The van der Waals surface area contributed by atoms with Crippen molar-refractivity contribution in [2.45, 2.75) is 17.8 Å². The number of rotatable bonds is 7. The monoisotopic (exact) mass is 559 g/mol. The van der Waals surface area contributed by atoms with Gasteiger partial charge >= 0.3 is 6.36 Å². The number of aromatic nitrogens is 2. The largest absolute Gasteiger partial charge is 0.573 e. The molecule has 0 bridgehead atoms. The minimum atomic E-state index is -5.12. The SMILES string of the molecule is O=C(c1ccc(NS(=O)(=O)c2cccc3cccnc23)c(OC(F)(F)F)c1)N1CCN(Cc2ccc[nH]2)CC1. The summed E-state index contributed by atoms with van der Waals surface area (Å²) in [5.41, 5.74) is 0.684. The fraction of sp³-hybridized carbons (Fsp3) is 0.231. The minimum Gasteiger partial charge on any atom is -0.404 e. The quantitative estimate of drug-likeness (QED) is 0.351. The zero-order valence-corrected chi connectivity index (χ0v) is 21.3. The Labute approximate surface area is 222 Å². The molecule has 1 aliphatic rings. The molecular weight excluding hydrogens is 535 g/mol. The number of nitrogens with zero attached hydrogens (tertiary/aromatic N) is 3. The number of carbonyl (C=O) groups is 1. The molecule has 2 N–H and O–H groups in total. The lowest BCUT2D eigenvalue weighted by Gasteiger charge is -2.34. The number of alkyl halides is 3. The van der Waals surface area contributed by atoms with Crippen LogP contribution < -0.4 is 9.46 Å². The van der Waals surface area contributed by atoms with E-state index in [-0.39, 0.29) is 16.0 Å². The van der Waals surface area contributed by atoms with Crippen LogP contribution in [0.4, 0.5) is 18.9 Å². The van der Waals surface area contributed by atoms with Crippen LogP contribution in [0.15, 0.2) is 78.0 Å². The van der Waals surface area contributed by atoms with Crippen LogP contribution in [0.2, 0.25) is 0 Å². The topological polar surface area (TPSA) is 108 Å². The average molecular weight is 560 g/mol. The van der Waals surface area contributed by atoms with E-state index < -0.39 is 33.7 Å². The molecule has 0 aliphatic carbocycles. The molecule has 1 amide bonds. The zero-order valence-electron chi connectivity index (χ0n) is 20.5. The van der Waals surface area contributed by atoms with Gasteiger partial charge < -0.3 is 14.6 Å². The Bertz CT molecular complexity index is 1580. The van der Waals surface area contributed by atoms with Crippen LogP contribution >= 0.6 is 0 Å². The first kappa shape index (κ1) is 26.5. The molecule has 204 valence electrons. The lowest BCUT2D eigenvalue weighted by Crippen LogP contribution is -2.48. The van der Waals surface area contributed by atoms with E-state index in [0.717, 1.165) is 17.8 Å². The number of para-hydroxylation sites is 1. The van der Waals surface area contributed by atoms with E-state index >= 15 is 0 Å². The molecule has 2 aromatic heterocycles. The van der Waals surface area contributed by atoms with Crippen LogP contribution in [0.25, 0.3) is 10.9 Å². The summed E-state index contributed by atoms with van der Waals surface area (Å²) >= 11 is 0. The minimum absolute atomic E-state index is 0.0538. The van der Waals surface area contributed by atoms with Crippen LogP contribution in [0, 0.1) is 0 Å². The number of carbonyl (C=O) groups excluding carboxylic acids is 1. The average Bonchev–Trinajstić information content (AvgIpc) is 3.41. The standard InChI is InChI=1S/C26H24F3N5O4S/c27-26(28,29)38-22-16-19(25(35)34-14-12-33(13-15-34)17-20-6-3-10-30-20)8-9-21(22)32-39(36,37)23-7-1-4-18-5-2-11-31-24(18)23/h1-11,16,30,32H,12-15,17H2. The number of fused-ring (bicyclic) bond motifs is 1. The highest BCUT2D eigenvalue weighted by atomic mass is 32.2. The maximum absolute atomic E-state index is 13.3. The Balaban J connectivity index is 1.37. The van der Waals surface area contributed by atoms with Gasteiger partial charge in [0.1, 0.15) is 4.90 Å². The summed E-state index contributed by atoms with van der Waals surface area (Å²) in [4.78, 5) is 23.8. The van der Waals surface area contributed by atoms with Gasteiger partial charge in [0, 0.05) is 61.8 Å². The summed E-state index contributed by atoms with van der Waals surface area (Å²) in [5, 5.41) is 0.543. The number of nitrogens with one attached hydrogen (secondary N) is 2. The molecule has 0 unspecified atom stereocenters. The van der Waals surface area contributed by atoms with Gasteiger partial charge in [0.2, 0.25) is 0 Å². The van der Waals surface area contributed by atoms with Crippen LogP contribution in [0.5, 0.6) is 5.75 Å². The van der Waals surface area contributed by atoms with E-state index in [2.05, 4.69) is 24.3 Å². The van der Waals surface area contributed by atoms with Crippen molar-refractivity contribution in [1.82, 2.24) is 19.8 Å². The van der Waals surface area contributed by atoms with Crippen molar-refractivity contribution in [2.24, 2.45) is 0 Å². The van der Waals surface area contributed by atoms with Crippen LogP contribution in [-0.4, -0.2) is 66.6 Å². The number of hydrogen-bond donors (Lipinski definition) is 2. The van der Waals surface area contributed by atoms with E-state index in [9.17, 15) is 26.4 Å². The van der Waals surface area contributed by atoms with Crippen LogP contribution in [-0.2, 0) is 16.6 Å². The summed E-state index contributed by atoms with van der Waals surface area (Å²) in [6, 6.07) is 14.9. The van der Waals surface area contributed by atoms with Gasteiger partial charge in [-0.05, 0) is 42.5 Å². The molecule has 3 heterocycles. The lowest BCUT2D eigenvalue weighted by atomic mass is 10.1.